The van der Waals surface area contributed by atoms with Gasteiger partial charge in [0.25, 0.3) is 0 Å². The Morgan fingerprint density at radius 1 is 1.31 bits per heavy atom. The molecule has 1 unspecified atom stereocenters. The summed E-state index contributed by atoms with van der Waals surface area (Å²) >= 11 is 0. The number of benzene rings is 1. The van der Waals surface area contributed by atoms with Gasteiger partial charge < -0.3 is 9.47 Å². The summed E-state index contributed by atoms with van der Waals surface area (Å²) in [6.07, 6.45) is 12.7. The number of aryl methyl sites for hydroxylation is 1. The van der Waals surface area contributed by atoms with E-state index in [1.54, 1.807) is 17.9 Å². The van der Waals surface area contributed by atoms with E-state index in [9.17, 15) is 0 Å². The monoisotopic (exact) mass is 431 g/mol. The van der Waals surface area contributed by atoms with Gasteiger partial charge in [-0.25, -0.2) is 4.98 Å². The Balaban J connectivity index is 1.69. The van der Waals surface area contributed by atoms with E-state index >= 15 is 0 Å². The maximum atomic E-state index is 6.16. The van der Waals surface area contributed by atoms with E-state index in [4.69, 9.17) is 14.5 Å². The van der Waals surface area contributed by atoms with Crippen molar-refractivity contribution in [1.29, 1.82) is 0 Å². The van der Waals surface area contributed by atoms with E-state index in [0.717, 1.165) is 53.7 Å². The van der Waals surface area contributed by atoms with Crippen molar-refractivity contribution < 1.29 is 9.47 Å². The van der Waals surface area contributed by atoms with Crippen LogP contribution in [0.15, 0.2) is 53.9 Å². The zero-order chi connectivity index (χ0) is 22.3. The lowest BCUT2D eigenvalue weighted by atomic mass is 10.0. The van der Waals surface area contributed by atoms with Crippen molar-refractivity contribution in [2.75, 3.05) is 20.3 Å². The number of nitrogens with zero attached hydrogens (tertiary/aromatic N) is 5. The maximum absolute atomic E-state index is 6.16. The van der Waals surface area contributed by atoms with Crippen molar-refractivity contribution in [3.63, 3.8) is 0 Å². The summed E-state index contributed by atoms with van der Waals surface area (Å²) in [7, 11) is 3.67. The Hall–Kier alpha value is -3.32. The highest BCUT2D eigenvalue weighted by Crippen LogP contribution is 2.31. The van der Waals surface area contributed by atoms with Crippen LogP contribution in [0.2, 0.25) is 0 Å². The summed E-state index contributed by atoms with van der Waals surface area (Å²) in [5, 5.41) is 4.28. The lowest BCUT2D eigenvalue weighted by Gasteiger charge is -2.14. The molecular weight excluding hydrogens is 402 g/mol. The molecule has 166 valence electrons. The molecule has 1 aromatic carbocycles. The van der Waals surface area contributed by atoms with Crippen molar-refractivity contribution in [2.45, 2.75) is 32.3 Å². The Morgan fingerprint density at radius 2 is 2.22 bits per heavy atom. The van der Waals surface area contributed by atoms with Crippen LogP contribution in [0.5, 0.6) is 5.88 Å². The number of aliphatic imine (C=N–C) groups is 1. The highest BCUT2D eigenvalue weighted by Gasteiger charge is 2.19. The first-order valence-corrected chi connectivity index (χ1v) is 11.0. The fraction of sp³-hybridized carbons (Fsp3) is 0.360. The van der Waals surface area contributed by atoms with E-state index in [2.05, 4.69) is 40.2 Å². The smallest absolute Gasteiger partial charge is 0.225 e. The van der Waals surface area contributed by atoms with Crippen LogP contribution in [0.3, 0.4) is 0 Å². The normalized spacial score (nSPS) is 16.7. The first-order chi connectivity index (χ1) is 15.7. The zero-order valence-corrected chi connectivity index (χ0v) is 18.9. The topological polar surface area (TPSA) is 74.4 Å². The number of hydrogen-bond donors (Lipinski definition) is 0. The zero-order valence-electron chi connectivity index (χ0n) is 18.9. The molecule has 0 bridgehead atoms. The first kappa shape index (κ1) is 21.9. The molecule has 3 heterocycles. The molecule has 1 fully saturated rings. The maximum Gasteiger partial charge on any atom is 0.225 e. The minimum absolute atomic E-state index is 0.105. The first-order valence-electron chi connectivity index (χ1n) is 11.0. The molecule has 1 saturated heterocycles. The minimum atomic E-state index is 0.105. The molecule has 0 radical (unpaired) electrons. The van der Waals surface area contributed by atoms with Gasteiger partial charge in [-0.1, -0.05) is 31.2 Å². The standard InChI is InChI=1S/C25H29N5O2/c1-4-7-20(13-26-2)18-8-5-9-19(12-18)24-27-15-23(21-14-28-30(3)16-21)25(29-24)32-17-22-10-6-11-31-22/h5,7-9,12-16,22H,4,6,10-11,17H2,1-3H3/b20-7+,26-13-. The SMILES string of the molecule is CC/C=C(\C=N/C)c1cccc(-c2ncc(-c3cnn(C)c3)c(OCC3CCCO3)n2)c1. The summed E-state index contributed by atoms with van der Waals surface area (Å²) in [6.45, 7) is 3.38. The second kappa shape index (κ2) is 10.3. The second-order valence-electron chi connectivity index (χ2n) is 7.80. The molecule has 7 nitrogen and oxygen atoms in total. The fourth-order valence-corrected chi connectivity index (χ4v) is 3.76. The van der Waals surface area contributed by atoms with Crippen molar-refractivity contribution in [2.24, 2.45) is 12.0 Å². The third-order valence-corrected chi connectivity index (χ3v) is 5.35. The van der Waals surface area contributed by atoms with Gasteiger partial charge in [0, 0.05) is 50.4 Å². The highest BCUT2D eigenvalue weighted by molar-refractivity contribution is 6.10. The quantitative estimate of drug-likeness (QED) is 0.488. The summed E-state index contributed by atoms with van der Waals surface area (Å²) in [5.41, 5.74) is 4.83. The number of hydrogen-bond acceptors (Lipinski definition) is 6. The molecule has 2 aromatic heterocycles. The Labute approximate surface area is 188 Å². The number of ether oxygens (including phenoxy) is 2. The predicted octanol–water partition coefficient (Wildman–Crippen LogP) is 4.60. The number of rotatable bonds is 8. The molecule has 0 saturated carbocycles. The largest absolute Gasteiger partial charge is 0.474 e. The average molecular weight is 432 g/mol. The van der Waals surface area contributed by atoms with Crippen molar-refractivity contribution in [3.05, 3.63) is 54.5 Å². The summed E-state index contributed by atoms with van der Waals surface area (Å²) in [6, 6.07) is 8.19. The molecule has 7 heteroatoms. The lowest BCUT2D eigenvalue weighted by molar-refractivity contribution is 0.0665. The molecule has 32 heavy (non-hydrogen) atoms. The average Bonchev–Trinajstić information content (AvgIpc) is 3.49. The van der Waals surface area contributed by atoms with Crippen LogP contribution in [0.4, 0.5) is 0 Å². The van der Waals surface area contributed by atoms with Crippen molar-refractivity contribution in [1.82, 2.24) is 19.7 Å². The Morgan fingerprint density at radius 3 is 2.94 bits per heavy atom. The molecule has 0 N–H and O–H groups in total. The van der Waals surface area contributed by atoms with E-state index in [-0.39, 0.29) is 6.10 Å². The van der Waals surface area contributed by atoms with Crippen molar-refractivity contribution in [3.8, 4) is 28.4 Å². The summed E-state index contributed by atoms with van der Waals surface area (Å²) in [5.74, 6) is 1.16. The molecule has 1 atom stereocenters. The molecular formula is C25H29N5O2. The van der Waals surface area contributed by atoms with Gasteiger partial charge in [0.1, 0.15) is 6.61 Å². The molecule has 1 aliphatic heterocycles. The molecule has 0 amide bonds. The lowest BCUT2D eigenvalue weighted by Crippen LogP contribution is -2.17. The molecule has 0 aliphatic carbocycles. The molecule has 3 aromatic rings. The van der Waals surface area contributed by atoms with E-state index in [1.807, 2.05) is 37.8 Å². The van der Waals surface area contributed by atoms with Crippen LogP contribution in [-0.4, -0.2) is 52.3 Å². The van der Waals surface area contributed by atoms with Gasteiger partial charge in [-0.05, 0) is 36.5 Å². The van der Waals surface area contributed by atoms with Gasteiger partial charge in [0.2, 0.25) is 5.88 Å². The summed E-state index contributed by atoms with van der Waals surface area (Å²) < 4.78 is 13.6. The molecule has 4 rings (SSSR count). The van der Waals surface area contributed by atoms with Gasteiger partial charge >= 0.3 is 0 Å². The second-order valence-corrected chi connectivity index (χ2v) is 7.80. The molecule has 0 spiro atoms. The Kier molecular flexibility index (Phi) is 7.07. The predicted molar refractivity (Wildman–Crippen MR) is 127 cm³/mol. The fourth-order valence-electron chi connectivity index (χ4n) is 3.76. The van der Waals surface area contributed by atoms with E-state index in [0.29, 0.717) is 18.3 Å². The minimum Gasteiger partial charge on any atom is -0.474 e. The van der Waals surface area contributed by atoms with Crippen LogP contribution < -0.4 is 4.74 Å². The number of allylic oxidation sites excluding steroid dienone is 2. The van der Waals surface area contributed by atoms with Gasteiger partial charge in [0.15, 0.2) is 5.82 Å². The van der Waals surface area contributed by atoms with E-state index in [1.165, 1.54) is 0 Å². The number of aromatic nitrogens is 4. The van der Waals surface area contributed by atoms with Gasteiger partial charge in [-0.15, -0.1) is 0 Å². The third kappa shape index (κ3) is 5.11. The van der Waals surface area contributed by atoms with Crippen LogP contribution in [-0.2, 0) is 11.8 Å². The third-order valence-electron chi connectivity index (χ3n) is 5.35. The van der Waals surface area contributed by atoms with Crippen LogP contribution in [0.1, 0.15) is 31.7 Å². The van der Waals surface area contributed by atoms with Crippen molar-refractivity contribution >= 4 is 11.8 Å². The Bertz CT molecular complexity index is 1110. The summed E-state index contributed by atoms with van der Waals surface area (Å²) in [4.78, 5) is 13.7. The van der Waals surface area contributed by atoms with Gasteiger partial charge in [0.05, 0.1) is 17.9 Å². The van der Waals surface area contributed by atoms with Gasteiger partial charge in [-0.3, -0.25) is 9.67 Å². The van der Waals surface area contributed by atoms with Crippen LogP contribution in [0, 0.1) is 0 Å². The van der Waals surface area contributed by atoms with Crippen LogP contribution >= 0.6 is 0 Å². The van der Waals surface area contributed by atoms with Crippen LogP contribution in [0.25, 0.3) is 28.1 Å². The van der Waals surface area contributed by atoms with E-state index < -0.39 is 0 Å². The van der Waals surface area contributed by atoms with Gasteiger partial charge in [-0.2, -0.15) is 10.1 Å². The highest BCUT2D eigenvalue weighted by atomic mass is 16.5. The molecule has 1 aliphatic rings.